The summed E-state index contributed by atoms with van der Waals surface area (Å²) < 4.78 is 7.53. The molecule has 3 aromatic rings. The molecule has 0 bridgehead atoms. The molecule has 1 heterocycles. The first kappa shape index (κ1) is 19.6. The number of benzene rings is 2. The Kier molecular flexibility index (Phi) is 6.29. The van der Waals surface area contributed by atoms with E-state index in [1.54, 1.807) is 37.6 Å². The quantitative estimate of drug-likeness (QED) is 0.496. The maximum Gasteiger partial charge on any atom is 0.282 e. The summed E-state index contributed by atoms with van der Waals surface area (Å²) in [6, 6.07) is 10.7. The van der Waals surface area contributed by atoms with Crippen molar-refractivity contribution in [2.45, 2.75) is 26.2 Å². The van der Waals surface area contributed by atoms with Crippen molar-refractivity contribution >= 4 is 44.6 Å². The molecule has 0 aliphatic heterocycles. The Morgan fingerprint density at radius 1 is 1.30 bits per heavy atom. The van der Waals surface area contributed by atoms with Crippen LogP contribution in [0.25, 0.3) is 10.9 Å². The van der Waals surface area contributed by atoms with E-state index in [4.69, 9.17) is 16.3 Å². The lowest BCUT2D eigenvalue weighted by atomic mass is 10.2. The molecule has 7 heteroatoms. The fraction of sp³-hybridized carbons (Fsp3) is 0.250. The van der Waals surface area contributed by atoms with Gasteiger partial charge in [-0.3, -0.25) is 4.79 Å². The molecule has 140 valence electrons. The molecule has 5 nitrogen and oxygen atoms in total. The van der Waals surface area contributed by atoms with Crippen molar-refractivity contribution in [2.75, 3.05) is 7.11 Å². The van der Waals surface area contributed by atoms with Gasteiger partial charge in [-0.05, 0) is 42.8 Å². The van der Waals surface area contributed by atoms with E-state index in [0.717, 1.165) is 17.3 Å². The van der Waals surface area contributed by atoms with E-state index in [2.05, 4.69) is 32.9 Å². The van der Waals surface area contributed by atoms with Gasteiger partial charge in [0.25, 0.3) is 5.56 Å². The zero-order valence-electron chi connectivity index (χ0n) is 15.1. The van der Waals surface area contributed by atoms with Crippen molar-refractivity contribution in [2.24, 2.45) is 5.10 Å². The van der Waals surface area contributed by atoms with E-state index >= 15 is 0 Å². The fourth-order valence-electron chi connectivity index (χ4n) is 2.74. The number of aromatic nitrogens is 2. The van der Waals surface area contributed by atoms with Gasteiger partial charge in [0.2, 0.25) is 0 Å². The van der Waals surface area contributed by atoms with Crippen LogP contribution in [-0.2, 0) is 6.42 Å². The maximum absolute atomic E-state index is 13.0. The summed E-state index contributed by atoms with van der Waals surface area (Å²) in [6.45, 7) is 2.10. The van der Waals surface area contributed by atoms with Crippen LogP contribution < -0.4 is 10.3 Å². The van der Waals surface area contributed by atoms with Crippen molar-refractivity contribution in [1.29, 1.82) is 0 Å². The highest BCUT2D eigenvalue weighted by Crippen LogP contribution is 2.21. The van der Waals surface area contributed by atoms with Crippen molar-refractivity contribution in [3.63, 3.8) is 0 Å². The SMILES string of the molecule is CCCCc1nc2ccc(Br)cc2c(=O)n1N=Cc1cc(Cl)ccc1OC. The van der Waals surface area contributed by atoms with Crippen molar-refractivity contribution in [3.8, 4) is 5.75 Å². The first-order chi connectivity index (χ1) is 13.0. The van der Waals surface area contributed by atoms with Crippen molar-refractivity contribution < 1.29 is 4.74 Å². The van der Waals surface area contributed by atoms with E-state index in [1.807, 2.05) is 12.1 Å². The molecule has 0 aliphatic carbocycles. The van der Waals surface area contributed by atoms with Crippen LogP contribution in [0.4, 0.5) is 0 Å². The summed E-state index contributed by atoms with van der Waals surface area (Å²) in [6.07, 6.45) is 4.17. The van der Waals surface area contributed by atoms with Crippen LogP contribution in [0.1, 0.15) is 31.2 Å². The Morgan fingerprint density at radius 3 is 2.85 bits per heavy atom. The number of rotatable bonds is 6. The number of methoxy groups -OCH3 is 1. The number of fused-ring (bicyclic) bond motifs is 1. The van der Waals surface area contributed by atoms with Gasteiger partial charge in [-0.15, -0.1) is 0 Å². The topological polar surface area (TPSA) is 56.5 Å². The smallest absolute Gasteiger partial charge is 0.282 e. The average molecular weight is 449 g/mol. The van der Waals surface area contributed by atoms with Gasteiger partial charge in [-0.25, -0.2) is 4.98 Å². The molecule has 3 rings (SSSR count). The minimum absolute atomic E-state index is 0.204. The van der Waals surface area contributed by atoms with E-state index < -0.39 is 0 Å². The van der Waals surface area contributed by atoms with Gasteiger partial charge in [-0.2, -0.15) is 9.78 Å². The van der Waals surface area contributed by atoms with Crippen LogP contribution in [0.15, 0.2) is 50.8 Å². The molecule has 0 amide bonds. The highest BCUT2D eigenvalue weighted by atomic mass is 79.9. The minimum atomic E-state index is -0.204. The molecule has 0 radical (unpaired) electrons. The predicted molar refractivity (Wildman–Crippen MR) is 113 cm³/mol. The molecule has 0 spiro atoms. The molecule has 0 saturated heterocycles. The Labute approximate surface area is 170 Å². The summed E-state index contributed by atoms with van der Waals surface area (Å²) in [5, 5.41) is 5.50. The first-order valence-electron chi connectivity index (χ1n) is 8.62. The lowest BCUT2D eigenvalue weighted by Crippen LogP contribution is -2.22. The second-order valence-corrected chi connectivity index (χ2v) is 7.39. The molecule has 2 aromatic carbocycles. The molecular formula is C20H19BrClN3O2. The van der Waals surface area contributed by atoms with Gasteiger partial charge in [0.05, 0.1) is 24.2 Å². The summed E-state index contributed by atoms with van der Waals surface area (Å²) >= 11 is 9.49. The third-order valence-electron chi connectivity index (χ3n) is 4.13. The van der Waals surface area contributed by atoms with Crippen LogP contribution >= 0.6 is 27.5 Å². The number of ether oxygens (including phenoxy) is 1. The Bertz CT molecular complexity index is 1060. The highest BCUT2D eigenvalue weighted by molar-refractivity contribution is 9.10. The first-order valence-corrected chi connectivity index (χ1v) is 9.79. The minimum Gasteiger partial charge on any atom is -0.496 e. The standard InChI is InChI=1S/C20H19BrClN3O2/c1-3-4-5-19-24-17-8-6-14(21)11-16(17)20(26)25(19)23-12-13-10-15(22)7-9-18(13)27-2/h6-12H,3-5H2,1-2H3. The van der Waals surface area contributed by atoms with Gasteiger partial charge in [0.1, 0.15) is 11.6 Å². The zero-order chi connectivity index (χ0) is 19.4. The van der Waals surface area contributed by atoms with Crippen molar-refractivity contribution in [1.82, 2.24) is 9.66 Å². The van der Waals surface area contributed by atoms with Crippen molar-refractivity contribution in [3.05, 3.63) is 67.6 Å². The van der Waals surface area contributed by atoms with E-state index in [9.17, 15) is 4.79 Å². The summed E-state index contributed by atoms with van der Waals surface area (Å²) in [4.78, 5) is 17.7. The number of halogens is 2. The molecule has 0 aliphatic rings. The largest absolute Gasteiger partial charge is 0.496 e. The molecule has 0 unspecified atom stereocenters. The highest BCUT2D eigenvalue weighted by Gasteiger charge is 2.11. The molecule has 0 atom stereocenters. The van der Waals surface area contributed by atoms with Crippen LogP contribution in [0.3, 0.4) is 0 Å². The molecule has 27 heavy (non-hydrogen) atoms. The van der Waals surface area contributed by atoms with Crippen LogP contribution in [0, 0.1) is 0 Å². The Hall–Kier alpha value is -2.18. The lowest BCUT2D eigenvalue weighted by molar-refractivity contribution is 0.414. The van der Waals surface area contributed by atoms with Crippen LogP contribution in [0.2, 0.25) is 5.02 Å². The van der Waals surface area contributed by atoms with Gasteiger partial charge < -0.3 is 4.74 Å². The van der Waals surface area contributed by atoms with E-state index in [0.29, 0.717) is 39.5 Å². The third-order valence-corrected chi connectivity index (χ3v) is 4.86. The van der Waals surface area contributed by atoms with Crippen LogP contribution in [-0.4, -0.2) is 23.0 Å². The average Bonchev–Trinajstić information content (AvgIpc) is 2.66. The number of unbranched alkanes of at least 4 members (excludes halogenated alkanes) is 1. The number of hydrogen-bond acceptors (Lipinski definition) is 4. The second kappa shape index (κ2) is 8.67. The number of hydrogen-bond donors (Lipinski definition) is 0. The van der Waals surface area contributed by atoms with E-state index in [-0.39, 0.29) is 5.56 Å². The Balaban J connectivity index is 2.15. The fourth-order valence-corrected chi connectivity index (χ4v) is 3.28. The van der Waals surface area contributed by atoms with Gasteiger partial charge in [0, 0.05) is 21.5 Å². The normalized spacial score (nSPS) is 11.4. The summed E-state index contributed by atoms with van der Waals surface area (Å²) in [5.41, 5.74) is 1.15. The number of aryl methyl sites for hydroxylation is 1. The zero-order valence-corrected chi connectivity index (χ0v) is 17.4. The molecular weight excluding hydrogens is 430 g/mol. The van der Waals surface area contributed by atoms with Gasteiger partial charge in [-0.1, -0.05) is 40.9 Å². The van der Waals surface area contributed by atoms with Gasteiger partial charge in [0.15, 0.2) is 0 Å². The Morgan fingerprint density at radius 2 is 2.11 bits per heavy atom. The summed E-state index contributed by atoms with van der Waals surface area (Å²) in [5.74, 6) is 1.26. The molecule has 0 fully saturated rings. The third kappa shape index (κ3) is 4.39. The number of nitrogens with zero attached hydrogens (tertiary/aromatic N) is 3. The van der Waals surface area contributed by atoms with Crippen LogP contribution in [0.5, 0.6) is 5.75 Å². The van der Waals surface area contributed by atoms with Gasteiger partial charge >= 0.3 is 0 Å². The summed E-state index contributed by atoms with van der Waals surface area (Å²) in [7, 11) is 1.58. The maximum atomic E-state index is 13.0. The molecule has 1 aromatic heterocycles. The lowest BCUT2D eigenvalue weighted by Gasteiger charge is -2.10. The van der Waals surface area contributed by atoms with E-state index in [1.165, 1.54) is 4.68 Å². The molecule has 0 N–H and O–H groups in total. The monoisotopic (exact) mass is 447 g/mol. The predicted octanol–water partition coefficient (Wildman–Crippen LogP) is 5.05. The molecule has 0 saturated carbocycles. The second-order valence-electron chi connectivity index (χ2n) is 6.04.